The number of nitrogens with two attached hydrogens (primary N) is 1. The molecule has 0 aliphatic heterocycles. The van der Waals surface area contributed by atoms with Gasteiger partial charge in [-0.1, -0.05) is 37.3 Å². The summed E-state index contributed by atoms with van der Waals surface area (Å²) >= 11 is 0. The Morgan fingerprint density at radius 2 is 1.69 bits per heavy atom. The van der Waals surface area contributed by atoms with Gasteiger partial charge < -0.3 is 11.2 Å². The Hall–Kier alpha value is -0.570. The van der Waals surface area contributed by atoms with Crippen LogP contribution in [0.2, 0.25) is 0 Å². The van der Waals surface area contributed by atoms with Crippen molar-refractivity contribution >= 4 is 12.4 Å². The van der Waals surface area contributed by atoms with Crippen molar-refractivity contribution in [3.8, 4) is 0 Å². The second kappa shape index (κ2) is 5.97. The van der Waals surface area contributed by atoms with E-state index in [-0.39, 0.29) is 23.4 Å². The molecule has 0 bridgehead atoms. The zero-order valence-corrected chi connectivity index (χ0v) is 8.90. The second-order valence-electron chi connectivity index (χ2n) is 3.14. The molecule has 76 valence electrons. The molecule has 0 aromatic heterocycles. The fourth-order valence-electron chi connectivity index (χ4n) is 1.02. The highest BCUT2D eigenvalue weighted by Crippen LogP contribution is 2.19. The number of halogens is 1. The summed E-state index contributed by atoms with van der Waals surface area (Å²) in [4.78, 5) is 0. The van der Waals surface area contributed by atoms with Crippen LogP contribution in [0.3, 0.4) is 0 Å². The molecule has 1 atom stereocenters. The molecule has 0 heterocycles. The van der Waals surface area contributed by atoms with Crippen molar-refractivity contribution in [3.05, 3.63) is 35.9 Å². The van der Waals surface area contributed by atoms with Gasteiger partial charge in [0.2, 0.25) is 0 Å². The van der Waals surface area contributed by atoms with Crippen LogP contribution >= 0.6 is 12.4 Å². The third-order valence-corrected chi connectivity index (χ3v) is 2.17. The van der Waals surface area contributed by atoms with Crippen LogP contribution in [0.1, 0.15) is 25.8 Å². The van der Waals surface area contributed by atoms with E-state index < -0.39 is 0 Å². The molecule has 0 fully saturated rings. The molecule has 0 aliphatic carbocycles. The van der Waals surface area contributed by atoms with Gasteiger partial charge in [0.25, 0.3) is 0 Å². The van der Waals surface area contributed by atoms with E-state index in [4.69, 9.17) is 5.73 Å². The maximum Gasteiger partial charge on any atom is 0.0378 e. The number of rotatable bonds is 2. The van der Waals surface area contributed by atoms with E-state index in [2.05, 4.69) is 26.0 Å². The third-order valence-electron chi connectivity index (χ3n) is 2.17. The predicted molar refractivity (Wildman–Crippen MR) is 59.1 cm³/mol. The lowest BCUT2D eigenvalue weighted by Crippen LogP contribution is -2.31. The van der Waals surface area contributed by atoms with E-state index in [0.717, 1.165) is 6.42 Å². The smallest absolute Gasteiger partial charge is 0.0378 e. The summed E-state index contributed by atoms with van der Waals surface area (Å²) in [6, 6.07) is 10.2. The highest BCUT2D eigenvalue weighted by molar-refractivity contribution is 5.85. The van der Waals surface area contributed by atoms with E-state index >= 15 is 0 Å². The quantitative estimate of drug-likeness (QED) is 0.784. The normalized spacial score (nSPS) is 13.5. The molecule has 1 aromatic rings. The van der Waals surface area contributed by atoms with Crippen LogP contribution in [0, 0.1) is 0 Å². The fourth-order valence-corrected chi connectivity index (χ4v) is 1.02. The fraction of sp³-hybridized carbons (Fsp3) is 0.400. The van der Waals surface area contributed by atoms with Gasteiger partial charge in [-0.3, -0.25) is 0 Å². The van der Waals surface area contributed by atoms with Crippen molar-refractivity contribution in [3.63, 3.8) is 0 Å². The van der Waals surface area contributed by atoms with Crippen molar-refractivity contribution < 1.29 is 5.48 Å². The molecular weight excluding hydrogens is 186 g/mol. The first-order chi connectivity index (χ1) is 5.17. The molecule has 0 saturated carbocycles. The molecule has 1 unspecified atom stereocenters. The Labute approximate surface area is 85.9 Å². The van der Waals surface area contributed by atoms with Gasteiger partial charge >= 0.3 is 0 Å². The van der Waals surface area contributed by atoms with Crippen LogP contribution < -0.4 is 5.73 Å². The van der Waals surface area contributed by atoms with Gasteiger partial charge in [0.15, 0.2) is 0 Å². The molecule has 0 spiro atoms. The van der Waals surface area contributed by atoms with Crippen LogP contribution in [-0.4, -0.2) is 5.48 Å². The average Bonchev–Trinajstić information content (AvgIpc) is 2.06. The molecule has 2 nitrogen and oxygen atoms in total. The van der Waals surface area contributed by atoms with Gasteiger partial charge in [-0.05, 0) is 18.9 Å². The van der Waals surface area contributed by atoms with Gasteiger partial charge in [0, 0.05) is 5.54 Å². The SMILES string of the molecule is CCC(C)(N)c1ccccc1.Cl.O. The summed E-state index contributed by atoms with van der Waals surface area (Å²) in [5, 5.41) is 0. The summed E-state index contributed by atoms with van der Waals surface area (Å²) in [5.74, 6) is 0. The predicted octanol–water partition coefficient (Wildman–Crippen LogP) is 1.87. The van der Waals surface area contributed by atoms with Gasteiger partial charge in [0.05, 0.1) is 0 Å². The van der Waals surface area contributed by atoms with Gasteiger partial charge in [0.1, 0.15) is 0 Å². The van der Waals surface area contributed by atoms with Crippen molar-refractivity contribution in [2.45, 2.75) is 25.8 Å². The van der Waals surface area contributed by atoms with Crippen LogP contribution in [0.25, 0.3) is 0 Å². The molecular formula is C10H18ClNO. The first-order valence-corrected chi connectivity index (χ1v) is 4.01. The molecule has 4 N–H and O–H groups in total. The minimum atomic E-state index is -0.165. The first kappa shape index (κ1) is 14.9. The molecule has 3 heteroatoms. The van der Waals surface area contributed by atoms with E-state index in [1.54, 1.807) is 0 Å². The van der Waals surface area contributed by atoms with Crippen LogP contribution in [0.15, 0.2) is 30.3 Å². The third kappa shape index (κ3) is 3.77. The highest BCUT2D eigenvalue weighted by atomic mass is 35.5. The van der Waals surface area contributed by atoms with Gasteiger partial charge in [-0.15, -0.1) is 12.4 Å². The standard InChI is InChI=1S/C10H15N.ClH.H2O/c1-3-10(2,11)9-7-5-4-6-8-9;;/h4-8H,3,11H2,1-2H3;1H;1H2. The molecule has 1 rings (SSSR count). The first-order valence-electron chi connectivity index (χ1n) is 4.01. The zero-order valence-electron chi connectivity index (χ0n) is 8.08. The minimum absolute atomic E-state index is 0. The maximum atomic E-state index is 6.04. The molecule has 1 aromatic carbocycles. The van der Waals surface area contributed by atoms with E-state index in [9.17, 15) is 0 Å². The Morgan fingerprint density at radius 3 is 2.08 bits per heavy atom. The van der Waals surface area contributed by atoms with Crippen LogP contribution in [-0.2, 0) is 5.54 Å². The largest absolute Gasteiger partial charge is 0.412 e. The zero-order chi connectivity index (χ0) is 8.32. The second-order valence-corrected chi connectivity index (χ2v) is 3.14. The monoisotopic (exact) mass is 203 g/mol. The number of hydrogen-bond acceptors (Lipinski definition) is 1. The van der Waals surface area contributed by atoms with Crippen molar-refractivity contribution in [2.75, 3.05) is 0 Å². The molecule has 0 amide bonds. The van der Waals surface area contributed by atoms with Crippen molar-refractivity contribution in [1.82, 2.24) is 0 Å². The summed E-state index contributed by atoms with van der Waals surface area (Å²) in [7, 11) is 0. The topological polar surface area (TPSA) is 57.5 Å². The summed E-state index contributed by atoms with van der Waals surface area (Å²) in [6.07, 6.45) is 0.969. The maximum absolute atomic E-state index is 6.04. The van der Waals surface area contributed by atoms with Crippen LogP contribution in [0.4, 0.5) is 0 Å². The van der Waals surface area contributed by atoms with Crippen molar-refractivity contribution in [1.29, 1.82) is 0 Å². The summed E-state index contributed by atoms with van der Waals surface area (Å²) < 4.78 is 0. The number of benzene rings is 1. The lowest BCUT2D eigenvalue weighted by atomic mass is 9.91. The van der Waals surface area contributed by atoms with Gasteiger partial charge in [-0.2, -0.15) is 0 Å². The Kier molecular flexibility index (Phi) is 6.86. The Balaban J connectivity index is 0. The van der Waals surface area contributed by atoms with Crippen LogP contribution in [0.5, 0.6) is 0 Å². The molecule has 0 radical (unpaired) electrons. The van der Waals surface area contributed by atoms with E-state index in [0.29, 0.717) is 0 Å². The molecule has 0 aliphatic rings. The Bertz CT molecular complexity index is 224. The number of hydrogen-bond donors (Lipinski definition) is 1. The van der Waals surface area contributed by atoms with E-state index in [1.165, 1.54) is 5.56 Å². The minimum Gasteiger partial charge on any atom is -0.412 e. The highest BCUT2D eigenvalue weighted by Gasteiger charge is 2.16. The molecule has 0 saturated heterocycles. The van der Waals surface area contributed by atoms with Crippen molar-refractivity contribution in [2.24, 2.45) is 5.73 Å². The van der Waals surface area contributed by atoms with E-state index in [1.807, 2.05) is 18.2 Å². The summed E-state index contributed by atoms with van der Waals surface area (Å²) in [6.45, 7) is 4.16. The lowest BCUT2D eigenvalue weighted by molar-refractivity contribution is 0.476. The average molecular weight is 204 g/mol. The Morgan fingerprint density at radius 1 is 1.23 bits per heavy atom. The lowest BCUT2D eigenvalue weighted by Gasteiger charge is -2.22. The van der Waals surface area contributed by atoms with Gasteiger partial charge in [-0.25, -0.2) is 0 Å². The summed E-state index contributed by atoms with van der Waals surface area (Å²) in [5.41, 5.74) is 7.08. The molecule has 13 heavy (non-hydrogen) atoms.